The summed E-state index contributed by atoms with van der Waals surface area (Å²) in [5.74, 6) is 0. The van der Waals surface area contributed by atoms with Crippen molar-refractivity contribution in [3.8, 4) is 0 Å². The van der Waals surface area contributed by atoms with Gasteiger partial charge in [0.05, 0.1) is 0 Å². The highest BCUT2D eigenvalue weighted by atomic mass is 79.9. The van der Waals surface area contributed by atoms with Crippen LogP contribution in [0.2, 0.25) is 0 Å². The lowest BCUT2D eigenvalue weighted by molar-refractivity contribution is 1.20. The van der Waals surface area contributed by atoms with E-state index >= 15 is 0 Å². The molecule has 0 aliphatic rings. The van der Waals surface area contributed by atoms with E-state index in [2.05, 4.69) is 41.6 Å². The first-order chi connectivity index (χ1) is 4.81. The summed E-state index contributed by atoms with van der Waals surface area (Å²) in [6.45, 7) is 5.73. The minimum absolute atomic E-state index is 0.972. The quantitative estimate of drug-likeness (QED) is 0.479. The van der Waals surface area contributed by atoms with Crippen LogP contribution in [0.4, 0.5) is 0 Å². The summed E-state index contributed by atoms with van der Waals surface area (Å²) in [4.78, 5) is 0. The van der Waals surface area contributed by atoms with Crippen LogP contribution in [-0.4, -0.2) is 0 Å². The Morgan fingerprint density at radius 3 is 2.70 bits per heavy atom. The molecule has 0 nitrogen and oxygen atoms in total. The maximum Gasteiger partial charge on any atom is -0.00119 e. The van der Waals surface area contributed by atoms with E-state index in [0.717, 1.165) is 12.8 Å². The van der Waals surface area contributed by atoms with Crippen LogP contribution in [0.25, 0.3) is 0 Å². The van der Waals surface area contributed by atoms with E-state index in [1.807, 2.05) is 6.08 Å². The third-order valence-corrected chi connectivity index (χ3v) is 1.60. The highest BCUT2D eigenvalue weighted by molar-refractivity contribution is 9.11. The minimum Gasteiger partial charge on any atom is -0.0990 e. The van der Waals surface area contributed by atoms with Crippen molar-refractivity contribution >= 4 is 15.9 Å². The molecule has 0 amide bonds. The molecule has 0 aromatic heterocycles. The highest BCUT2D eigenvalue weighted by Gasteiger charge is 1.82. The Hall–Kier alpha value is -0.300. The second-order valence-corrected chi connectivity index (χ2v) is 2.95. The number of allylic oxidation sites excluding steroid dienone is 5. The molecule has 0 atom stereocenters. The Morgan fingerprint density at radius 1 is 1.50 bits per heavy atom. The van der Waals surface area contributed by atoms with Crippen LogP contribution >= 0.6 is 15.9 Å². The second-order valence-electron chi connectivity index (χ2n) is 1.93. The lowest BCUT2D eigenvalue weighted by atomic mass is 10.3. The summed E-state index contributed by atoms with van der Waals surface area (Å²) >= 11 is 3.41. The predicted octanol–water partition coefficient (Wildman–Crippen LogP) is 3.81. The van der Waals surface area contributed by atoms with Gasteiger partial charge in [-0.3, -0.25) is 0 Å². The molecular weight excluding hydrogens is 188 g/mol. The summed E-state index contributed by atoms with van der Waals surface area (Å²) < 4.78 is 1.17. The molecule has 0 aliphatic carbocycles. The van der Waals surface area contributed by atoms with E-state index in [4.69, 9.17) is 0 Å². The van der Waals surface area contributed by atoms with Crippen LogP contribution in [-0.2, 0) is 0 Å². The average molecular weight is 201 g/mol. The molecule has 0 saturated carbocycles. The molecule has 0 fully saturated rings. The fourth-order valence-corrected chi connectivity index (χ4v) is 0.932. The largest absolute Gasteiger partial charge is 0.0990 e. The maximum absolute atomic E-state index is 3.60. The first-order valence-electron chi connectivity index (χ1n) is 3.43. The Labute approximate surface area is 71.5 Å². The van der Waals surface area contributed by atoms with Crippen molar-refractivity contribution in [3.63, 3.8) is 0 Å². The van der Waals surface area contributed by atoms with Gasteiger partial charge in [-0.25, -0.2) is 0 Å². The number of rotatable bonds is 4. The van der Waals surface area contributed by atoms with Crippen LogP contribution in [0.5, 0.6) is 0 Å². The Morgan fingerprint density at radius 2 is 2.20 bits per heavy atom. The molecule has 0 spiro atoms. The molecule has 0 unspecified atom stereocenters. The van der Waals surface area contributed by atoms with Gasteiger partial charge in [0, 0.05) is 0 Å². The van der Waals surface area contributed by atoms with Crippen LogP contribution in [0.3, 0.4) is 0 Å². The Kier molecular flexibility index (Phi) is 6.61. The van der Waals surface area contributed by atoms with Gasteiger partial charge in [-0.15, -0.1) is 0 Å². The fraction of sp³-hybridized carbons (Fsp3) is 0.333. The normalized spacial score (nSPS) is 12.4. The molecule has 0 N–H and O–H groups in total. The summed E-state index contributed by atoms with van der Waals surface area (Å²) in [6, 6.07) is 0. The van der Waals surface area contributed by atoms with Crippen molar-refractivity contribution < 1.29 is 0 Å². The molecule has 10 heavy (non-hydrogen) atoms. The van der Waals surface area contributed by atoms with Crippen molar-refractivity contribution in [1.82, 2.24) is 0 Å². The zero-order chi connectivity index (χ0) is 7.82. The predicted molar refractivity (Wildman–Crippen MR) is 51.3 cm³/mol. The summed E-state index contributed by atoms with van der Waals surface area (Å²) in [5, 5.41) is 0. The van der Waals surface area contributed by atoms with Gasteiger partial charge in [-0.2, -0.15) is 0 Å². The van der Waals surface area contributed by atoms with Gasteiger partial charge in [0.15, 0.2) is 0 Å². The van der Waals surface area contributed by atoms with E-state index in [1.165, 1.54) is 4.48 Å². The summed E-state index contributed by atoms with van der Waals surface area (Å²) in [7, 11) is 0. The van der Waals surface area contributed by atoms with Crippen LogP contribution in [0, 0.1) is 0 Å². The standard InChI is InChI=1S/C9H13Br/c1-3-5-6-8-9(10)7-4-2/h4-7H,2-3,8H2,1H3/b6-5-,9-7+. The van der Waals surface area contributed by atoms with Crippen molar-refractivity contribution in [3.05, 3.63) is 35.4 Å². The average Bonchev–Trinajstić information content (AvgIpc) is 1.89. The monoisotopic (exact) mass is 200 g/mol. The smallest absolute Gasteiger partial charge is 0.00119 e. The van der Waals surface area contributed by atoms with Crippen molar-refractivity contribution in [1.29, 1.82) is 0 Å². The molecule has 0 aliphatic heterocycles. The molecule has 0 heterocycles. The lowest BCUT2D eigenvalue weighted by Gasteiger charge is -1.88. The van der Waals surface area contributed by atoms with Crippen molar-refractivity contribution in [2.45, 2.75) is 19.8 Å². The fourth-order valence-electron chi connectivity index (χ4n) is 0.559. The van der Waals surface area contributed by atoms with E-state index in [0.29, 0.717) is 0 Å². The van der Waals surface area contributed by atoms with Crippen LogP contribution in [0.1, 0.15) is 19.8 Å². The minimum atomic E-state index is 0.972. The third kappa shape index (κ3) is 5.83. The molecule has 0 rings (SSSR count). The van der Waals surface area contributed by atoms with Gasteiger partial charge >= 0.3 is 0 Å². The van der Waals surface area contributed by atoms with Gasteiger partial charge in [-0.05, 0) is 17.3 Å². The molecule has 0 aromatic rings. The first-order valence-corrected chi connectivity index (χ1v) is 4.22. The van der Waals surface area contributed by atoms with Crippen LogP contribution in [0.15, 0.2) is 35.4 Å². The Bertz CT molecular complexity index is 143. The summed E-state index contributed by atoms with van der Waals surface area (Å²) in [6.07, 6.45) is 10.1. The third-order valence-electron chi connectivity index (χ3n) is 1.01. The zero-order valence-corrected chi connectivity index (χ0v) is 7.89. The van der Waals surface area contributed by atoms with Crippen LogP contribution < -0.4 is 0 Å². The summed E-state index contributed by atoms with van der Waals surface area (Å²) in [5.41, 5.74) is 0. The molecule has 0 radical (unpaired) electrons. The molecule has 0 bridgehead atoms. The number of hydrogen-bond donors (Lipinski definition) is 0. The highest BCUT2D eigenvalue weighted by Crippen LogP contribution is 2.10. The molecule has 0 aromatic carbocycles. The van der Waals surface area contributed by atoms with Gasteiger partial charge in [-0.1, -0.05) is 53.7 Å². The molecule has 56 valence electrons. The molecular formula is C9H13Br. The zero-order valence-electron chi connectivity index (χ0n) is 6.31. The van der Waals surface area contributed by atoms with E-state index in [1.54, 1.807) is 6.08 Å². The first kappa shape index (κ1) is 9.70. The maximum atomic E-state index is 3.60. The van der Waals surface area contributed by atoms with E-state index in [9.17, 15) is 0 Å². The van der Waals surface area contributed by atoms with E-state index < -0.39 is 0 Å². The van der Waals surface area contributed by atoms with Gasteiger partial charge < -0.3 is 0 Å². The molecule has 0 saturated heterocycles. The van der Waals surface area contributed by atoms with Gasteiger partial charge in [0.2, 0.25) is 0 Å². The number of hydrogen-bond acceptors (Lipinski definition) is 0. The second kappa shape index (κ2) is 6.81. The Balaban J connectivity index is 3.57. The molecule has 1 heteroatoms. The van der Waals surface area contributed by atoms with Gasteiger partial charge in [0.25, 0.3) is 0 Å². The SMILES string of the molecule is C=C/C=C(/Br)C/C=C\CC. The van der Waals surface area contributed by atoms with E-state index in [-0.39, 0.29) is 0 Å². The lowest BCUT2D eigenvalue weighted by Crippen LogP contribution is -1.65. The van der Waals surface area contributed by atoms with Crippen molar-refractivity contribution in [2.75, 3.05) is 0 Å². The van der Waals surface area contributed by atoms with Crippen molar-refractivity contribution in [2.24, 2.45) is 0 Å². The number of halogens is 1. The van der Waals surface area contributed by atoms with Gasteiger partial charge in [0.1, 0.15) is 0 Å². The topological polar surface area (TPSA) is 0 Å².